The zero-order valence-electron chi connectivity index (χ0n) is 10.7. The van der Waals surface area contributed by atoms with E-state index in [0.717, 1.165) is 0 Å². The predicted molar refractivity (Wildman–Crippen MR) is 77.8 cm³/mol. The quantitative estimate of drug-likeness (QED) is 0.431. The van der Waals surface area contributed by atoms with E-state index in [0.29, 0.717) is 28.4 Å². The monoisotopic (exact) mass is 305 g/mol. The Balaban J connectivity index is 2.15. The molecule has 0 amide bonds. The van der Waals surface area contributed by atoms with E-state index in [1.807, 2.05) is 0 Å². The van der Waals surface area contributed by atoms with Crippen LogP contribution in [0, 0.1) is 0 Å². The standard InChI is InChI=1S/C13H12N3O4P/c14-8-1-2-9(10(7-8)13-15-5-6-16-13)11-3-4-12(20-11)21(17,18)19/h1-7H,14H2,(H,15,16)(H2,17,18,19). The van der Waals surface area contributed by atoms with Crippen LogP contribution in [0.25, 0.3) is 22.7 Å². The van der Waals surface area contributed by atoms with Crippen molar-refractivity contribution in [3.63, 3.8) is 0 Å². The summed E-state index contributed by atoms with van der Waals surface area (Å²) in [5.74, 6) is 0.922. The third-order valence-corrected chi connectivity index (χ3v) is 3.76. The molecular weight excluding hydrogens is 293 g/mol. The molecule has 0 aliphatic carbocycles. The van der Waals surface area contributed by atoms with Gasteiger partial charge in [0.2, 0.25) is 5.50 Å². The maximum absolute atomic E-state index is 11.2. The average Bonchev–Trinajstić information content (AvgIpc) is 3.09. The molecule has 5 N–H and O–H groups in total. The van der Waals surface area contributed by atoms with Gasteiger partial charge in [0.15, 0.2) is 0 Å². The Hall–Kier alpha value is -2.34. The van der Waals surface area contributed by atoms with Gasteiger partial charge in [-0.3, -0.25) is 4.57 Å². The number of rotatable bonds is 3. The van der Waals surface area contributed by atoms with E-state index in [9.17, 15) is 4.57 Å². The van der Waals surface area contributed by atoms with Gasteiger partial charge in [0.25, 0.3) is 0 Å². The van der Waals surface area contributed by atoms with Gasteiger partial charge in [0, 0.05) is 29.2 Å². The fourth-order valence-electron chi connectivity index (χ4n) is 2.01. The molecule has 0 fully saturated rings. The third kappa shape index (κ3) is 2.62. The van der Waals surface area contributed by atoms with Crippen molar-refractivity contribution in [3.05, 3.63) is 42.7 Å². The number of nitrogen functional groups attached to an aromatic ring is 1. The Bertz CT molecular complexity index is 820. The van der Waals surface area contributed by atoms with E-state index < -0.39 is 7.60 Å². The molecule has 0 radical (unpaired) electrons. The molecule has 0 saturated carbocycles. The third-order valence-electron chi connectivity index (χ3n) is 2.94. The fraction of sp³-hybridized carbons (Fsp3) is 0. The van der Waals surface area contributed by atoms with Crippen molar-refractivity contribution in [3.8, 4) is 22.7 Å². The molecule has 21 heavy (non-hydrogen) atoms. The molecule has 0 aliphatic heterocycles. The number of imidazole rings is 1. The molecule has 7 nitrogen and oxygen atoms in total. The van der Waals surface area contributed by atoms with Crippen LogP contribution in [0.1, 0.15) is 0 Å². The van der Waals surface area contributed by atoms with Gasteiger partial charge in [0.05, 0.1) is 0 Å². The van der Waals surface area contributed by atoms with Gasteiger partial charge in [-0.2, -0.15) is 0 Å². The number of nitrogens with one attached hydrogen (secondary N) is 1. The number of hydrogen-bond acceptors (Lipinski definition) is 4. The summed E-state index contributed by atoms with van der Waals surface area (Å²) in [6.45, 7) is 0. The minimum atomic E-state index is -4.42. The second-order valence-corrected chi connectivity index (χ2v) is 5.95. The predicted octanol–water partition coefficient (Wildman–Crippen LogP) is 1.72. The minimum Gasteiger partial charge on any atom is -0.448 e. The summed E-state index contributed by atoms with van der Waals surface area (Å²) >= 11 is 0. The second-order valence-electron chi connectivity index (χ2n) is 4.42. The summed E-state index contributed by atoms with van der Waals surface area (Å²) in [6.07, 6.45) is 3.27. The first-order valence-corrected chi connectivity index (χ1v) is 7.62. The lowest BCUT2D eigenvalue weighted by Crippen LogP contribution is -1.98. The Morgan fingerprint density at radius 3 is 2.62 bits per heavy atom. The van der Waals surface area contributed by atoms with Gasteiger partial charge in [-0.1, -0.05) is 0 Å². The molecule has 1 aromatic carbocycles. The van der Waals surface area contributed by atoms with Crippen LogP contribution in [-0.4, -0.2) is 19.8 Å². The molecule has 3 rings (SSSR count). The first-order chi connectivity index (χ1) is 9.95. The van der Waals surface area contributed by atoms with Crippen molar-refractivity contribution < 1.29 is 18.8 Å². The van der Waals surface area contributed by atoms with Gasteiger partial charge in [0.1, 0.15) is 11.6 Å². The van der Waals surface area contributed by atoms with E-state index in [-0.39, 0.29) is 5.50 Å². The van der Waals surface area contributed by atoms with Crippen LogP contribution in [-0.2, 0) is 4.57 Å². The molecule has 0 saturated heterocycles. The van der Waals surface area contributed by atoms with Gasteiger partial charge in [-0.25, -0.2) is 4.98 Å². The van der Waals surface area contributed by atoms with E-state index in [1.54, 1.807) is 30.6 Å². The molecule has 2 aromatic heterocycles. The van der Waals surface area contributed by atoms with Crippen molar-refractivity contribution in [2.24, 2.45) is 0 Å². The van der Waals surface area contributed by atoms with Gasteiger partial charge in [-0.15, -0.1) is 0 Å². The summed E-state index contributed by atoms with van der Waals surface area (Å²) in [5.41, 5.74) is 7.29. The van der Waals surface area contributed by atoms with Crippen molar-refractivity contribution in [1.29, 1.82) is 0 Å². The van der Waals surface area contributed by atoms with Crippen LogP contribution in [0.15, 0.2) is 47.1 Å². The summed E-state index contributed by atoms with van der Waals surface area (Å²) in [4.78, 5) is 25.4. The molecular formula is C13H12N3O4P. The first kappa shape index (κ1) is 13.6. The van der Waals surface area contributed by atoms with E-state index in [2.05, 4.69) is 9.97 Å². The molecule has 0 spiro atoms. The lowest BCUT2D eigenvalue weighted by Gasteiger charge is -2.06. The van der Waals surface area contributed by atoms with E-state index >= 15 is 0 Å². The average molecular weight is 305 g/mol. The normalized spacial score (nSPS) is 11.7. The summed E-state index contributed by atoms with van der Waals surface area (Å²) in [5, 5.41) is 0. The maximum Gasteiger partial charge on any atom is 0.391 e. The summed E-state index contributed by atoms with van der Waals surface area (Å²) < 4.78 is 16.5. The molecule has 0 unspecified atom stereocenters. The lowest BCUT2D eigenvalue weighted by atomic mass is 10.0. The summed E-state index contributed by atoms with van der Waals surface area (Å²) in [7, 11) is -4.42. The number of nitrogens with two attached hydrogens (primary N) is 1. The Labute approximate surface area is 119 Å². The first-order valence-electron chi connectivity index (χ1n) is 6.01. The fourth-order valence-corrected chi connectivity index (χ4v) is 2.50. The minimum absolute atomic E-state index is 0.333. The van der Waals surface area contributed by atoms with Crippen molar-refractivity contribution in [1.82, 2.24) is 9.97 Å². The SMILES string of the molecule is Nc1ccc(-c2ccc(P(=O)(O)O)o2)c(-c2ncc[nH]2)c1. The highest BCUT2D eigenvalue weighted by molar-refractivity contribution is 7.59. The molecule has 108 valence electrons. The molecule has 0 aliphatic rings. The van der Waals surface area contributed by atoms with E-state index in [1.165, 1.54) is 12.1 Å². The number of nitrogens with zero attached hydrogens (tertiary/aromatic N) is 1. The molecule has 0 bridgehead atoms. The van der Waals surface area contributed by atoms with Gasteiger partial charge >= 0.3 is 7.60 Å². The van der Waals surface area contributed by atoms with Crippen LogP contribution in [0.2, 0.25) is 0 Å². The number of H-pyrrole nitrogens is 1. The highest BCUT2D eigenvalue weighted by atomic mass is 31.2. The highest BCUT2D eigenvalue weighted by Gasteiger charge is 2.23. The molecule has 0 atom stereocenters. The number of anilines is 1. The molecule has 2 heterocycles. The summed E-state index contributed by atoms with van der Waals surface area (Å²) in [6, 6.07) is 7.88. The van der Waals surface area contributed by atoms with Crippen LogP contribution in [0.4, 0.5) is 5.69 Å². The molecule has 3 aromatic rings. The number of aromatic nitrogens is 2. The zero-order valence-corrected chi connectivity index (χ0v) is 11.6. The maximum atomic E-state index is 11.2. The number of aromatic amines is 1. The highest BCUT2D eigenvalue weighted by Crippen LogP contribution is 2.37. The Morgan fingerprint density at radius 1 is 1.19 bits per heavy atom. The van der Waals surface area contributed by atoms with Gasteiger partial charge < -0.3 is 24.9 Å². The topological polar surface area (TPSA) is 125 Å². The van der Waals surface area contributed by atoms with Crippen molar-refractivity contribution >= 4 is 18.8 Å². The molecule has 8 heteroatoms. The number of benzene rings is 1. The number of furan rings is 1. The lowest BCUT2D eigenvalue weighted by molar-refractivity contribution is 0.377. The zero-order chi connectivity index (χ0) is 15.0. The van der Waals surface area contributed by atoms with Crippen LogP contribution in [0.5, 0.6) is 0 Å². The Morgan fingerprint density at radius 2 is 2.00 bits per heavy atom. The van der Waals surface area contributed by atoms with Crippen LogP contribution >= 0.6 is 7.60 Å². The number of hydrogen-bond donors (Lipinski definition) is 4. The second kappa shape index (κ2) is 4.89. The largest absolute Gasteiger partial charge is 0.448 e. The van der Waals surface area contributed by atoms with Crippen LogP contribution in [0.3, 0.4) is 0 Å². The smallest absolute Gasteiger partial charge is 0.391 e. The van der Waals surface area contributed by atoms with Gasteiger partial charge in [-0.05, 0) is 30.3 Å². The Kier molecular flexibility index (Phi) is 3.17. The van der Waals surface area contributed by atoms with Crippen LogP contribution < -0.4 is 11.2 Å². The van der Waals surface area contributed by atoms with E-state index in [4.69, 9.17) is 19.9 Å². The van der Waals surface area contributed by atoms with Crippen molar-refractivity contribution in [2.45, 2.75) is 0 Å². The van der Waals surface area contributed by atoms with Crippen molar-refractivity contribution in [2.75, 3.05) is 5.73 Å².